The van der Waals surface area contributed by atoms with E-state index in [2.05, 4.69) is 26.7 Å². The van der Waals surface area contributed by atoms with Gasteiger partial charge in [-0.25, -0.2) is 0 Å². The summed E-state index contributed by atoms with van der Waals surface area (Å²) in [5.74, 6) is 1.63. The molecular weight excluding hydrogens is 383 g/mol. The molecule has 1 N–H and O–H groups in total. The van der Waals surface area contributed by atoms with Crippen LogP contribution in [0.2, 0.25) is 10.0 Å². The average Bonchev–Trinajstić information content (AvgIpc) is 3.26. The molecule has 1 heterocycles. The molecule has 2 atom stereocenters. The Hall–Kier alpha value is -1.72. The van der Waals surface area contributed by atoms with Crippen LogP contribution in [0.3, 0.4) is 0 Å². The van der Waals surface area contributed by atoms with Gasteiger partial charge >= 0.3 is 0 Å². The van der Waals surface area contributed by atoms with Gasteiger partial charge in [0.25, 0.3) is 0 Å². The maximum atomic E-state index is 12.3. The molecule has 2 aromatic rings. The molecule has 1 aliphatic carbocycles. The predicted molar refractivity (Wildman–Crippen MR) is 108 cm³/mol. The second-order valence-corrected chi connectivity index (χ2v) is 7.99. The number of rotatable bonds is 9. The Morgan fingerprint density at radius 3 is 2.63 bits per heavy atom. The van der Waals surface area contributed by atoms with Crippen molar-refractivity contribution in [1.29, 1.82) is 0 Å². The number of aryl methyl sites for hydroxylation is 1. The summed E-state index contributed by atoms with van der Waals surface area (Å²) in [5, 5.41) is 15.2. The second kappa shape index (κ2) is 10.00. The molecule has 2 unspecified atom stereocenters. The highest BCUT2D eigenvalue weighted by molar-refractivity contribution is 6.34. The molecule has 0 aliphatic heterocycles. The molecule has 144 valence electrons. The largest absolute Gasteiger partial charge is 0.299 e. The molecular formula is C20H24Cl2N4O. The van der Waals surface area contributed by atoms with E-state index in [9.17, 15) is 4.79 Å². The number of hydrogen-bond acceptors (Lipinski definition) is 4. The topological polar surface area (TPSA) is 71.5 Å². The number of Topliss-reactive ketones (excluding diaryl/α,β-unsaturated/α-hetero) is 1. The number of allylic oxidation sites excluding steroid dienone is 1. The Morgan fingerprint density at radius 2 is 1.89 bits per heavy atom. The van der Waals surface area contributed by atoms with Crippen molar-refractivity contribution in [1.82, 2.24) is 20.6 Å². The molecule has 5 nitrogen and oxygen atoms in total. The van der Waals surface area contributed by atoms with Gasteiger partial charge in [-0.1, -0.05) is 59.8 Å². The molecule has 3 rings (SSSR count). The number of H-pyrrole nitrogens is 1. The Bertz CT molecular complexity index is 756. The van der Waals surface area contributed by atoms with E-state index in [1.807, 2.05) is 18.2 Å². The number of unbranched alkanes of at least 4 members (excludes halogenated alkanes) is 3. The van der Waals surface area contributed by atoms with Gasteiger partial charge in [0.1, 0.15) is 5.78 Å². The number of carbonyl (C=O) groups is 1. The van der Waals surface area contributed by atoms with E-state index in [-0.39, 0.29) is 5.92 Å². The second-order valence-electron chi connectivity index (χ2n) is 7.12. The molecule has 7 heteroatoms. The molecule has 0 bridgehead atoms. The van der Waals surface area contributed by atoms with Crippen molar-refractivity contribution in [2.45, 2.75) is 51.4 Å². The highest BCUT2D eigenvalue weighted by Crippen LogP contribution is 2.34. The lowest BCUT2D eigenvalue weighted by molar-refractivity contribution is -0.121. The Labute approximate surface area is 169 Å². The van der Waals surface area contributed by atoms with Crippen molar-refractivity contribution in [3.63, 3.8) is 0 Å². The number of nitrogens with one attached hydrogen (secondary N) is 1. The summed E-state index contributed by atoms with van der Waals surface area (Å²) in [4.78, 5) is 12.3. The van der Waals surface area contributed by atoms with E-state index in [0.717, 1.165) is 56.3 Å². The summed E-state index contributed by atoms with van der Waals surface area (Å²) in [5.41, 5.74) is 0.979. The first-order valence-corrected chi connectivity index (χ1v) is 10.3. The number of carbonyl (C=O) groups excluding carboxylic acids is 1. The van der Waals surface area contributed by atoms with Crippen LogP contribution in [-0.4, -0.2) is 26.4 Å². The van der Waals surface area contributed by atoms with Crippen LogP contribution >= 0.6 is 23.2 Å². The van der Waals surface area contributed by atoms with Crippen molar-refractivity contribution < 1.29 is 4.79 Å². The quantitative estimate of drug-likeness (QED) is 0.572. The van der Waals surface area contributed by atoms with E-state index in [1.165, 1.54) is 0 Å². The zero-order valence-electron chi connectivity index (χ0n) is 15.2. The van der Waals surface area contributed by atoms with Gasteiger partial charge in [-0.3, -0.25) is 4.79 Å². The van der Waals surface area contributed by atoms with Crippen molar-refractivity contribution >= 4 is 35.1 Å². The molecule has 27 heavy (non-hydrogen) atoms. The van der Waals surface area contributed by atoms with Crippen LogP contribution in [0.25, 0.3) is 6.08 Å². The van der Waals surface area contributed by atoms with Crippen LogP contribution in [-0.2, 0) is 11.2 Å². The van der Waals surface area contributed by atoms with Gasteiger partial charge in [-0.15, -0.1) is 10.2 Å². The number of hydrogen-bond donors (Lipinski definition) is 1. The van der Waals surface area contributed by atoms with Crippen molar-refractivity contribution in [2.24, 2.45) is 11.8 Å². The summed E-state index contributed by atoms with van der Waals surface area (Å²) >= 11 is 12.1. The molecule has 1 aliphatic rings. The minimum atomic E-state index is 0.146. The van der Waals surface area contributed by atoms with E-state index in [1.54, 1.807) is 6.07 Å². The summed E-state index contributed by atoms with van der Waals surface area (Å²) < 4.78 is 0. The first-order chi connectivity index (χ1) is 13.1. The lowest BCUT2D eigenvalue weighted by atomic mass is 9.89. The number of ketones is 1. The SMILES string of the molecule is O=C1CCC(C=Cc2cc(Cl)cc(Cl)c2)C1CCCCCCc1nn[nH]n1. The molecule has 0 amide bonds. The Morgan fingerprint density at radius 1 is 1.11 bits per heavy atom. The lowest BCUT2D eigenvalue weighted by Crippen LogP contribution is -2.13. The van der Waals surface area contributed by atoms with Crippen molar-refractivity contribution in [3.05, 3.63) is 45.7 Å². The number of benzene rings is 1. The van der Waals surface area contributed by atoms with Crippen LogP contribution in [0.4, 0.5) is 0 Å². The monoisotopic (exact) mass is 406 g/mol. The lowest BCUT2D eigenvalue weighted by Gasteiger charge is -2.15. The fraction of sp³-hybridized carbons (Fsp3) is 0.500. The number of nitrogens with zero attached hydrogens (tertiary/aromatic N) is 3. The minimum Gasteiger partial charge on any atom is -0.299 e. The van der Waals surface area contributed by atoms with Crippen LogP contribution in [0, 0.1) is 11.8 Å². The number of aromatic amines is 1. The third-order valence-corrected chi connectivity index (χ3v) is 5.57. The number of tetrazole rings is 1. The third-order valence-electron chi connectivity index (χ3n) is 5.13. The molecule has 0 spiro atoms. The first kappa shape index (κ1) is 20.0. The van der Waals surface area contributed by atoms with Crippen LogP contribution in [0.1, 0.15) is 56.3 Å². The smallest absolute Gasteiger partial charge is 0.174 e. The van der Waals surface area contributed by atoms with E-state index >= 15 is 0 Å². The van der Waals surface area contributed by atoms with Gasteiger partial charge < -0.3 is 0 Å². The van der Waals surface area contributed by atoms with Crippen LogP contribution < -0.4 is 0 Å². The standard InChI is InChI=1S/C20H24Cl2N4O/c21-16-11-14(12-17(22)13-16)7-8-15-9-10-19(27)18(15)5-3-1-2-4-6-20-23-25-26-24-20/h7-8,11-13,15,18H,1-6,9-10H2,(H,23,24,25,26). The molecule has 1 aromatic carbocycles. The van der Waals surface area contributed by atoms with Crippen molar-refractivity contribution in [2.75, 3.05) is 0 Å². The highest BCUT2D eigenvalue weighted by Gasteiger charge is 2.32. The summed E-state index contributed by atoms with van der Waals surface area (Å²) in [6.07, 6.45) is 12.0. The van der Waals surface area contributed by atoms with Crippen LogP contribution in [0.5, 0.6) is 0 Å². The van der Waals surface area contributed by atoms with Gasteiger partial charge in [0.15, 0.2) is 5.82 Å². The van der Waals surface area contributed by atoms with Gasteiger partial charge in [0.05, 0.1) is 0 Å². The predicted octanol–water partition coefficient (Wildman–Crippen LogP) is 5.31. The molecule has 0 saturated heterocycles. The number of aromatic nitrogens is 4. The summed E-state index contributed by atoms with van der Waals surface area (Å²) in [6, 6.07) is 5.50. The average molecular weight is 407 g/mol. The van der Waals surface area contributed by atoms with E-state index in [4.69, 9.17) is 23.2 Å². The van der Waals surface area contributed by atoms with Gasteiger partial charge in [0, 0.05) is 28.8 Å². The first-order valence-electron chi connectivity index (χ1n) is 9.51. The maximum absolute atomic E-state index is 12.3. The fourth-order valence-electron chi connectivity index (χ4n) is 3.74. The zero-order chi connectivity index (χ0) is 19.1. The Kier molecular flexibility index (Phi) is 7.41. The highest BCUT2D eigenvalue weighted by atomic mass is 35.5. The van der Waals surface area contributed by atoms with Gasteiger partial charge in [-0.05, 0) is 48.9 Å². The number of halogens is 2. The van der Waals surface area contributed by atoms with E-state index < -0.39 is 0 Å². The fourth-order valence-corrected chi connectivity index (χ4v) is 4.28. The van der Waals surface area contributed by atoms with Gasteiger partial charge in [0.2, 0.25) is 0 Å². The zero-order valence-corrected chi connectivity index (χ0v) is 16.7. The summed E-state index contributed by atoms with van der Waals surface area (Å²) in [7, 11) is 0. The summed E-state index contributed by atoms with van der Waals surface area (Å²) in [6.45, 7) is 0. The van der Waals surface area contributed by atoms with Crippen molar-refractivity contribution in [3.8, 4) is 0 Å². The molecule has 1 fully saturated rings. The Balaban J connectivity index is 1.44. The molecule has 0 radical (unpaired) electrons. The van der Waals surface area contributed by atoms with Crippen LogP contribution in [0.15, 0.2) is 24.3 Å². The molecule has 1 saturated carbocycles. The third kappa shape index (κ3) is 6.15. The molecule has 1 aromatic heterocycles. The normalized spacial score (nSPS) is 20.0. The van der Waals surface area contributed by atoms with Gasteiger partial charge in [-0.2, -0.15) is 5.21 Å². The minimum absolute atomic E-state index is 0.146. The maximum Gasteiger partial charge on any atom is 0.174 e. The van der Waals surface area contributed by atoms with E-state index in [0.29, 0.717) is 28.2 Å².